The van der Waals surface area contributed by atoms with Crippen LogP contribution < -0.4 is 15.5 Å². The summed E-state index contributed by atoms with van der Waals surface area (Å²) in [5, 5.41) is 15.2. The molecular formula is C60H84N10O10. The maximum Gasteiger partial charge on any atom is 0.319 e. The van der Waals surface area contributed by atoms with Crippen molar-refractivity contribution in [1.29, 1.82) is 0 Å². The molecule has 80 heavy (non-hydrogen) atoms. The van der Waals surface area contributed by atoms with Crippen molar-refractivity contribution in [2.75, 3.05) is 175 Å². The molecular weight excluding hydrogens is 1020 g/mol. The Balaban J connectivity index is 0.790. The number of nitrogens with one attached hydrogen (secondary N) is 2. The lowest BCUT2D eigenvalue weighted by molar-refractivity contribution is -0.134. The van der Waals surface area contributed by atoms with Crippen molar-refractivity contribution in [1.82, 2.24) is 39.7 Å². The summed E-state index contributed by atoms with van der Waals surface area (Å²) in [4.78, 5) is 85.8. The van der Waals surface area contributed by atoms with Gasteiger partial charge in [-0.3, -0.25) is 34.0 Å². The number of piperazine rings is 2. The van der Waals surface area contributed by atoms with Crippen LogP contribution in [0.25, 0.3) is 11.3 Å². The molecule has 2 aliphatic heterocycles. The zero-order valence-electron chi connectivity index (χ0n) is 47.5. The third-order valence-corrected chi connectivity index (χ3v) is 15.1. The number of ether oxygens (including phenoxy) is 4. The zero-order chi connectivity index (χ0) is 56.6. The van der Waals surface area contributed by atoms with Gasteiger partial charge in [0.25, 0.3) is 17.7 Å². The van der Waals surface area contributed by atoms with E-state index in [-0.39, 0.29) is 42.3 Å². The van der Waals surface area contributed by atoms with E-state index in [9.17, 15) is 24.0 Å². The summed E-state index contributed by atoms with van der Waals surface area (Å²) in [6.07, 6.45) is 4.83. The SMILES string of the molecule is CCN(CC)c1ccc(NC(=O)c2cccc(C(=O)N(C)CCN3CCN(C(=O)N(C)CCOCCOCCOCCC(=O)N4CCN(CCOCCO)CC4)CC3)c2)c(-c2cc(C(=O)NC3CCCc4ccccc43)ccn2)c1. The van der Waals surface area contributed by atoms with Crippen molar-refractivity contribution in [2.45, 2.75) is 45.6 Å². The van der Waals surface area contributed by atoms with E-state index >= 15 is 0 Å². The van der Waals surface area contributed by atoms with E-state index in [1.807, 2.05) is 40.1 Å². The van der Waals surface area contributed by atoms with Gasteiger partial charge in [-0.2, -0.15) is 0 Å². The highest BCUT2D eigenvalue weighted by molar-refractivity contribution is 6.08. The summed E-state index contributed by atoms with van der Waals surface area (Å²) in [6, 6.07) is 24.2. The molecule has 0 bridgehead atoms. The first-order valence-corrected chi connectivity index (χ1v) is 28.5. The Bertz CT molecular complexity index is 2620. The number of amides is 6. The summed E-state index contributed by atoms with van der Waals surface area (Å²) in [5.41, 5.74) is 6.29. The lowest BCUT2D eigenvalue weighted by atomic mass is 9.87. The number of aromatic nitrogens is 1. The number of aliphatic hydroxyl groups is 1. The zero-order valence-corrected chi connectivity index (χ0v) is 47.5. The fourth-order valence-corrected chi connectivity index (χ4v) is 10.2. The molecule has 7 rings (SSSR count). The molecule has 2 fully saturated rings. The van der Waals surface area contributed by atoms with E-state index in [0.29, 0.717) is 152 Å². The molecule has 20 heteroatoms. The number of fused-ring (bicyclic) bond motifs is 1. The Labute approximate surface area is 472 Å². The number of hydrogen-bond acceptors (Lipinski definition) is 14. The molecule has 3 N–H and O–H groups in total. The van der Waals surface area contributed by atoms with Gasteiger partial charge in [-0.25, -0.2) is 4.79 Å². The van der Waals surface area contributed by atoms with E-state index in [0.717, 1.165) is 63.2 Å². The second-order valence-electron chi connectivity index (χ2n) is 20.4. The van der Waals surface area contributed by atoms with Crippen LogP contribution in [0.5, 0.6) is 0 Å². The third kappa shape index (κ3) is 18.0. The van der Waals surface area contributed by atoms with Crippen LogP contribution in [0.3, 0.4) is 0 Å². The van der Waals surface area contributed by atoms with E-state index in [1.54, 1.807) is 66.5 Å². The summed E-state index contributed by atoms with van der Waals surface area (Å²) in [7, 11) is 3.53. The van der Waals surface area contributed by atoms with Crippen molar-refractivity contribution in [2.24, 2.45) is 0 Å². The number of hydrogen-bond donors (Lipinski definition) is 3. The van der Waals surface area contributed by atoms with Crippen molar-refractivity contribution < 1.29 is 48.0 Å². The molecule has 3 heterocycles. The average Bonchev–Trinajstić information content (AvgIpc) is 3.53. The van der Waals surface area contributed by atoms with Crippen LogP contribution in [0.1, 0.15) is 81.4 Å². The van der Waals surface area contributed by atoms with Crippen molar-refractivity contribution in [3.63, 3.8) is 0 Å². The minimum atomic E-state index is -0.388. The van der Waals surface area contributed by atoms with Gasteiger partial charge >= 0.3 is 6.03 Å². The van der Waals surface area contributed by atoms with Gasteiger partial charge in [-0.1, -0.05) is 30.3 Å². The number of carbonyl (C=O) groups excluding carboxylic acids is 5. The second-order valence-corrected chi connectivity index (χ2v) is 20.4. The number of anilines is 2. The van der Waals surface area contributed by atoms with Crippen LogP contribution >= 0.6 is 0 Å². The number of benzene rings is 3. The molecule has 1 unspecified atom stereocenters. The smallest absolute Gasteiger partial charge is 0.319 e. The Kier molecular flexibility index (Phi) is 24.5. The minimum absolute atomic E-state index is 0.0244. The van der Waals surface area contributed by atoms with Crippen LogP contribution in [0.2, 0.25) is 0 Å². The van der Waals surface area contributed by atoms with Crippen LogP contribution in [0, 0.1) is 0 Å². The first kappa shape index (κ1) is 61.1. The standard InChI is InChI=1S/C60H84N10O10/c1-5-68(6-2)50-17-18-54(52(45-50)55-44-48(19-21-61-55)58(74)62-53-16-10-12-46-11-7-8-15-51(46)53)63-57(73)47-13-9-14-49(43-47)59(75)64(3)22-23-66-26-30-70(31-27-66)60(76)65(4)32-36-79-40-42-80-41-39-77-35-20-56(72)69-28-24-67(25-29-69)33-37-78-38-34-71/h7-9,11,13-15,17-19,21,43-45,53,71H,5-6,10,12,16,20,22-42H2,1-4H3,(H,62,74)(H,63,73). The normalized spacial score (nSPS) is 15.7. The fraction of sp³-hybridized carbons (Fsp3) is 0.533. The molecule has 2 saturated heterocycles. The number of rotatable bonds is 29. The number of nitrogens with zero attached hydrogens (tertiary/aromatic N) is 8. The van der Waals surface area contributed by atoms with Crippen LogP contribution in [-0.4, -0.2) is 234 Å². The number of aliphatic hydroxyl groups excluding tert-OH is 1. The third-order valence-electron chi connectivity index (χ3n) is 15.1. The number of likely N-dealkylation sites (N-methyl/N-ethyl adjacent to an activating group) is 2. The Morgan fingerprint density at radius 3 is 2.05 bits per heavy atom. The summed E-state index contributed by atoms with van der Waals surface area (Å²) in [5.74, 6) is -0.693. The van der Waals surface area contributed by atoms with Gasteiger partial charge in [0.1, 0.15) is 0 Å². The molecule has 20 nitrogen and oxygen atoms in total. The molecule has 0 radical (unpaired) electrons. The number of carbonyl (C=O) groups is 5. The number of aryl methyl sites for hydroxylation is 1. The van der Waals surface area contributed by atoms with Gasteiger partial charge in [0.15, 0.2) is 0 Å². The quantitative estimate of drug-likeness (QED) is 0.0615. The molecule has 1 aliphatic carbocycles. The van der Waals surface area contributed by atoms with Gasteiger partial charge in [-0.05, 0) is 92.8 Å². The molecule has 0 spiro atoms. The van der Waals surface area contributed by atoms with Crippen molar-refractivity contribution >= 4 is 41.0 Å². The highest BCUT2D eigenvalue weighted by Crippen LogP contribution is 2.33. The largest absolute Gasteiger partial charge is 0.394 e. The minimum Gasteiger partial charge on any atom is -0.394 e. The summed E-state index contributed by atoms with van der Waals surface area (Å²) < 4.78 is 22.3. The number of pyridine rings is 1. The van der Waals surface area contributed by atoms with Crippen LogP contribution in [-0.2, 0) is 30.2 Å². The predicted molar refractivity (Wildman–Crippen MR) is 308 cm³/mol. The summed E-state index contributed by atoms with van der Waals surface area (Å²) >= 11 is 0. The monoisotopic (exact) mass is 1100 g/mol. The van der Waals surface area contributed by atoms with Crippen molar-refractivity contribution in [3.8, 4) is 11.3 Å². The molecule has 4 aromatic rings. The van der Waals surface area contributed by atoms with Gasteiger partial charge in [0.05, 0.1) is 83.3 Å². The lowest BCUT2D eigenvalue weighted by Crippen LogP contribution is -2.53. The van der Waals surface area contributed by atoms with E-state index in [2.05, 4.69) is 51.3 Å². The molecule has 6 amide bonds. The van der Waals surface area contributed by atoms with E-state index < -0.39 is 0 Å². The topological polar surface area (TPSA) is 202 Å². The molecule has 3 aromatic carbocycles. The highest BCUT2D eigenvalue weighted by atomic mass is 16.5. The first-order chi connectivity index (χ1) is 39.0. The maximum atomic E-state index is 14.0. The molecule has 1 aromatic heterocycles. The second kappa shape index (κ2) is 32.1. The molecule has 434 valence electrons. The van der Waals surface area contributed by atoms with Crippen LogP contribution in [0.15, 0.2) is 85.1 Å². The Morgan fingerprint density at radius 1 is 0.650 bits per heavy atom. The van der Waals surface area contributed by atoms with Gasteiger partial charge < -0.3 is 59.2 Å². The maximum absolute atomic E-state index is 14.0. The summed E-state index contributed by atoms with van der Waals surface area (Å²) in [6.45, 7) is 16.8. The molecule has 3 aliphatic rings. The fourth-order valence-electron chi connectivity index (χ4n) is 10.2. The molecule has 1 atom stereocenters. The Hall–Kier alpha value is -6.52. The number of urea groups is 1. The van der Waals surface area contributed by atoms with E-state index in [4.69, 9.17) is 29.0 Å². The average molecular weight is 1110 g/mol. The Morgan fingerprint density at radius 2 is 1.31 bits per heavy atom. The van der Waals surface area contributed by atoms with Crippen molar-refractivity contribution in [3.05, 3.63) is 113 Å². The van der Waals surface area contributed by atoms with Gasteiger partial charge in [0.2, 0.25) is 5.91 Å². The molecule has 0 saturated carbocycles. The van der Waals surface area contributed by atoms with Gasteiger partial charge in [-0.15, -0.1) is 0 Å². The van der Waals surface area contributed by atoms with Crippen LogP contribution in [0.4, 0.5) is 16.2 Å². The lowest BCUT2D eigenvalue weighted by Gasteiger charge is -2.37. The predicted octanol–water partition coefficient (Wildman–Crippen LogP) is 4.99. The highest BCUT2D eigenvalue weighted by Gasteiger charge is 2.26. The first-order valence-electron chi connectivity index (χ1n) is 28.5. The van der Waals surface area contributed by atoms with Gasteiger partial charge in [0, 0.05) is 140 Å². The van der Waals surface area contributed by atoms with E-state index in [1.165, 1.54) is 5.56 Å².